The highest BCUT2D eigenvalue weighted by atomic mass is 16.3. The fourth-order valence-corrected chi connectivity index (χ4v) is 2.80. The van der Waals surface area contributed by atoms with Crippen LogP contribution < -0.4 is 5.32 Å². The van der Waals surface area contributed by atoms with Gasteiger partial charge in [-0.3, -0.25) is 4.79 Å². The molecule has 0 radical (unpaired) electrons. The second-order valence-electron chi connectivity index (χ2n) is 5.93. The highest BCUT2D eigenvalue weighted by Crippen LogP contribution is 2.19. The first-order valence-corrected chi connectivity index (χ1v) is 8.17. The Bertz CT molecular complexity index is 617. The molecule has 0 saturated heterocycles. The van der Waals surface area contributed by atoms with Crippen molar-refractivity contribution in [2.45, 2.75) is 45.1 Å². The molecule has 0 spiro atoms. The van der Waals surface area contributed by atoms with Gasteiger partial charge in [0.05, 0.1) is 11.9 Å². The predicted molar refractivity (Wildman–Crippen MR) is 90.7 cm³/mol. The van der Waals surface area contributed by atoms with Crippen molar-refractivity contribution in [2.24, 2.45) is 0 Å². The smallest absolute Gasteiger partial charge is 0.251 e. The lowest BCUT2D eigenvalue weighted by Crippen LogP contribution is -2.42. The Labute approximate surface area is 137 Å². The molecular weight excluding hydrogens is 290 g/mol. The first-order chi connectivity index (χ1) is 11.1. The van der Waals surface area contributed by atoms with E-state index in [2.05, 4.69) is 10.3 Å². The van der Waals surface area contributed by atoms with E-state index in [1.807, 2.05) is 42.8 Å². The molecule has 2 N–H and O–H groups in total. The minimum atomic E-state index is -0.818. The van der Waals surface area contributed by atoms with Crippen molar-refractivity contribution in [3.63, 3.8) is 0 Å². The number of carbonyl (C=O) groups is 1. The van der Waals surface area contributed by atoms with Crippen molar-refractivity contribution in [3.05, 3.63) is 48.5 Å². The highest BCUT2D eigenvalue weighted by molar-refractivity contribution is 5.94. The fraction of sp³-hybridized carbons (Fsp3) is 0.444. The number of imidazole rings is 1. The summed E-state index contributed by atoms with van der Waals surface area (Å²) in [5, 5.41) is 13.5. The van der Waals surface area contributed by atoms with E-state index >= 15 is 0 Å². The Morgan fingerprint density at radius 2 is 2.04 bits per heavy atom. The quantitative estimate of drug-likeness (QED) is 0.787. The van der Waals surface area contributed by atoms with Crippen molar-refractivity contribution in [2.75, 3.05) is 6.54 Å². The number of rotatable bonds is 8. The Hall–Kier alpha value is -2.14. The zero-order chi connectivity index (χ0) is 16.7. The molecule has 0 aliphatic carbocycles. The normalized spacial score (nSPS) is 11.4. The van der Waals surface area contributed by atoms with E-state index in [0.717, 1.165) is 18.5 Å². The Morgan fingerprint density at radius 3 is 2.65 bits per heavy atom. The number of aliphatic hydroxyl groups is 1. The maximum atomic E-state index is 12.4. The molecule has 0 atom stereocenters. The van der Waals surface area contributed by atoms with Crippen LogP contribution in [0.5, 0.6) is 0 Å². The molecule has 2 rings (SSSR count). The second kappa shape index (κ2) is 7.92. The highest BCUT2D eigenvalue weighted by Gasteiger charge is 2.25. The van der Waals surface area contributed by atoms with Gasteiger partial charge in [-0.2, -0.15) is 0 Å². The molecule has 1 aromatic heterocycles. The molecule has 0 unspecified atom stereocenters. The van der Waals surface area contributed by atoms with Crippen molar-refractivity contribution in [3.8, 4) is 5.69 Å². The van der Waals surface area contributed by atoms with Crippen LogP contribution in [0.15, 0.2) is 43.0 Å². The van der Waals surface area contributed by atoms with Crippen molar-refractivity contribution >= 4 is 5.91 Å². The van der Waals surface area contributed by atoms with Gasteiger partial charge in [-0.15, -0.1) is 0 Å². The summed E-state index contributed by atoms with van der Waals surface area (Å²) < 4.78 is 1.85. The average molecular weight is 315 g/mol. The Morgan fingerprint density at radius 1 is 1.30 bits per heavy atom. The van der Waals surface area contributed by atoms with E-state index in [-0.39, 0.29) is 12.5 Å². The van der Waals surface area contributed by atoms with Gasteiger partial charge in [0, 0.05) is 30.2 Å². The molecule has 0 fully saturated rings. The zero-order valence-corrected chi connectivity index (χ0v) is 13.8. The topological polar surface area (TPSA) is 67.2 Å². The maximum absolute atomic E-state index is 12.4. The standard InChI is InChI=1S/C18H25N3O2/c1-3-8-18(23,9-4-2)13-20-17(22)15-6-5-7-16(12-15)21-11-10-19-14-21/h5-7,10-12,14,23H,3-4,8-9,13H2,1-2H3,(H,20,22). The molecule has 2 aromatic rings. The number of benzene rings is 1. The van der Waals surface area contributed by atoms with Crippen LogP contribution in [0.3, 0.4) is 0 Å². The lowest BCUT2D eigenvalue weighted by Gasteiger charge is -2.27. The average Bonchev–Trinajstić information content (AvgIpc) is 3.08. The molecule has 1 amide bonds. The molecule has 0 aliphatic heterocycles. The number of nitrogens with zero attached hydrogens (tertiary/aromatic N) is 2. The first-order valence-electron chi connectivity index (χ1n) is 8.17. The Balaban J connectivity index is 2.04. The van der Waals surface area contributed by atoms with Gasteiger partial charge in [0.15, 0.2) is 0 Å². The predicted octanol–water partition coefficient (Wildman–Crippen LogP) is 2.93. The van der Waals surface area contributed by atoms with Gasteiger partial charge in [-0.1, -0.05) is 32.8 Å². The molecular formula is C18H25N3O2. The van der Waals surface area contributed by atoms with E-state index < -0.39 is 5.60 Å². The summed E-state index contributed by atoms with van der Waals surface area (Å²) in [6.45, 7) is 4.36. The molecule has 1 heterocycles. The first kappa shape index (κ1) is 17.2. The van der Waals surface area contributed by atoms with Gasteiger partial charge >= 0.3 is 0 Å². The maximum Gasteiger partial charge on any atom is 0.251 e. The zero-order valence-electron chi connectivity index (χ0n) is 13.8. The number of hydrogen-bond donors (Lipinski definition) is 2. The van der Waals surface area contributed by atoms with Gasteiger partial charge in [0.25, 0.3) is 5.91 Å². The van der Waals surface area contributed by atoms with Crippen LogP contribution >= 0.6 is 0 Å². The molecule has 5 nitrogen and oxygen atoms in total. The SMILES string of the molecule is CCCC(O)(CCC)CNC(=O)c1cccc(-n2ccnc2)c1. The van der Waals surface area contributed by atoms with Crippen LogP contribution in [-0.4, -0.2) is 32.7 Å². The third kappa shape index (κ3) is 4.66. The third-order valence-electron chi connectivity index (χ3n) is 3.92. The minimum Gasteiger partial charge on any atom is -0.388 e. The van der Waals surface area contributed by atoms with Crippen LogP contribution in [-0.2, 0) is 0 Å². The molecule has 124 valence electrons. The lowest BCUT2D eigenvalue weighted by atomic mass is 9.92. The minimum absolute atomic E-state index is 0.169. The van der Waals surface area contributed by atoms with Gasteiger partial charge in [0.1, 0.15) is 0 Å². The number of nitrogens with one attached hydrogen (secondary N) is 1. The van der Waals surface area contributed by atoms with Gasteiger partial charge in [-0.05, 0) is 31.0 Å². The summed E-state index contributed by atoms with van der Waals surface area (Å²) in [6, 6.07) is 7.35. The van der Waals surface area contributed by atoms with Crippen LogP contribution in [0.1, 0.15) is 49.9 Å². The van der Waals surface area contributed by atoms with Gasteiger partial charge in [-0.25, -0.2) is 4.98 Å². The van der Waals surface area contributed by atoms with Crippen molar-refractivity contribution in [1.29, 1.82) is 0 Å². The molecule has 5 heteroatoms. The van der Waals surface area contributed by atoms with E-state index in [1.54, 1.807) is 18.6 Å². The lowest BCUT2D eigenvalue weighted by molar-refractivity contribution is 0.0213. The molecule has 0 bridgehead atoms. The number of aromatic nitrogens is 2. The van der Waals surface area contributed by atoms with Crippen LogP contribution in [0, 0.1) is 0 Å². The number of amides is 1. The second-order valence-corrected chi connectivity index (χ2v) is 5.93. The van der Waals surface area contributed by atoms with E-state index in [9.17, 15) is 9.90 Å². The number of carbonyl (C=O) groups excluding carboxylic acids is 1. The molecule has 0 aliphatic rings. The molecule has 1 aromatic carbocycles. The molecule has 0 saturated carbocycles. The van der Waals surface area contributed by atoms with E-state index in [0.29, 0.717) is 18.4 Å². The van der Waals surface area contributed by atoms with Crippen molar-refractivity contribution < 1.29 is 9.90 Å². The molecule has 23 heavy (non-hydrogen) atoms. The van der Waals surface area contributed by atoms with E-state index in [1.165, 1.54) is 0 Å². The summed E-state index contributed by atoms with van der Waals surface area (Å²) in [7, 11) is 0. The van der Waals surface area contributed by atoms with Crippen LogP contribution in [0.4, 0.5) is 0 Å². The van der Waals surface area contributed by atoms with Gasteiger partial charge in [0.2, 0.25) is 0 Å². The summed E-state index contributed by atoms with van der Waals surface area (Å²) in [5.74, 6) is -0.169. The Kier molecular flexibility index (Phi) is 5.93. The van der Waals surface area contributed by atoms with E-state index in [4.69, 9.17) is 0 Å². The fourth-order valence-electron chi connectivity index (χ4n) is 2.80. The number of hydrogen-bond acceptors (Lipinski definition) is 3. The largest absolute Gasteiger partial charge is 0.388 e. The summed E-state index contributed by atoms with van der Waals surface area (Å²) >= 11 is 0. The van der Waals surface area contributed by atoms with Crippen molar-refractivity contribution in [1.82, 2.24) is 14.9 Å². The monoisotopic (exact) mass is 315 g/mol. The summed E-state index contributed by atoms with van der Waals surface area (Å²) in [6.07, 6.45) is 8.39. The summed E-state index contributed by atoms with van der Waals surface area (Å²) in [4.78, 5) is 16.4. The third-order valence-corrected chi connectivity index (χ3v) is 3.92. The van der Waals surface area contributed by atoms with Crippen LogP contribution in [0.25, 0.3) is 5.69 Å². The van der Waals surface area contributed by atoms with Crippen LogP contribution in [0.2, 0.25) is 0 Å². The van der Waals surface area contributed by atoms with Gasteiger partial charge < -0.3 is 15.0 Å². The summed E-state index contributed by atoms with van der Waals surface area (Å²) in [5.41, 5.74) is 0.639.